The van der Waals surface area contributed by atoms with Gasteiger partial charge in [0.2, 0.25) is 5.91 Å². The maximum Gasteiger partial charge on any atom is 0.325 e. The van der Waals surface area contributed by atoms with Crippen LogP contribution in [0.15, 0.2) is 36.5 Å². The van der Waals surface area contributed by atoms with Crippen LogP contribution in [0.5, 0.6) is 0 Å². The van der Waals surface area contributed by atoms with E-state index >= 15 is 0 Å². The highest BCUT2D eigenvalue weighted by atomic mass is 16.4. The van der Waals surface area contributed by atoms with Crippen LogP contribution in [0.25, 0.3) is 0 Å². The first-order valence-corrected chi connectivity index (χ1v) is 7.88. The van der Waals surface area contributed by atoms with Crippen LogP contribution in [0.3, 0.4) is 0 Å². The molecule has 0 fully saturated rings. The molecule has 2 N–H and O–H groups in total. The lowest BCUT2D eigenvalue weighted by Gasteiger charge is -2.20. The van der Waals surface area contributed by atoms with Gasteiger partial charge in [0.05, 0.1) is 12.7 Å². The third-order valence-corrected chi connectivity index (χ3v) is 3.79. The van der Waals surface area contributed by atoms with E-state index in [9.17, 15) is 9.59 Å². The van der Waals surface area contributed by atoms with E-state index < -0.39 is 5.97 Å². The van der Waals surface area contributed by atoms with E-state index in [4.69, 9.17) is 5.11 Å². The van der Waals surface area contributed by atoms with Crippen LogP contribution in [0, 0.1) is 5.92 Å². The van der Waals surface area contributed by atoms with Crippen molar-refractivity contribution >= 4 is 11.9 Å². The van der Waals surface area contributed by atoms with Crippen molar-refractivity contribution in [3.8, 4) is 0 Å². The minimum atomic E-state index is -0.988. The summed E-state index contributed by atoms with van der Waals surface area (Å²) >= 11 is 0. The van der Waals surface area contributed by atoms with Gasteiger partial charge in [0.25, 0.3) is 0 Å². The van der Waals surface area contributed by atoms with Crippen molar-refractivity contribution < 1.29 is 14.7 Å². The number of rotatable bonds is 8. The number of nitrogens with one attached hydrogen (secondary N) is 1. The molecular weight excluding hydrogens is 308 g/mol. The van der Waals surface area contributed by atoms with Gasteiger partial charge in [0, 0.05) is 6.42 Å². The van der Waals surface area contributed by atoms with Crippen molar-refractivity contribution in [1.29, 1.82) is 0 Å². The molecule has 1 heterocycles. The Morgan fingerprint density at radius 3 is 2.58 bits per heavy atom. The van der Waals surface area contributed by atoms with E-state index in [-0.39, 0.29) is 24.9 Å². The predicted octanol–water partition coefficient (Wildman–Crippen LogP) is 1.81. The number of carboxylic acid groups (broad SMARTS) is 1. The second-order valence-corrected chi connectivity index (χ2v) is 6.04. The molecule has 7 heteroatoms. The molecule has 0 saturated carbocycles. The van der Waals surface area contributed by atoms with E-state index in [1.165, 1.54) is 10.9 Å². The fourth-order valence-corrected chi connectivity index (χ4v) is 2.54. The summed E-state index contributed by atoms with van der Waals surface area (Å²) in [5, 5.41) is 19.1. The summed E-state index contributed by atoms with van der Waals surface area (Å²) in [6.07, 6.45) is 1.91. The SMILES string of the molecule is CC(C)C(CC(=O)NCc1cn(CC(=O)O)nn1)c1ccccc1. The molecule has 1 aromatic carbocycles. The number of carbonyl (C=O) groups is 2. The van der Waals surface area contributed by atoms with Gasteiger partial charge < -0.3 is 10.4 Å². The van der Waals surface area contributed by atoms with Gasteiger partial charge >= 0.3 is 5.97 Å². The number of benzene rings is 1. The van der Waals surface area contributed by atoms with Gasteiger partial charge in [-0.25, -0.2) is 4.68 Å². The van der Waals surface area contributed by atoms with Crippen molar-refractivity contribution in [3.05, 3.63) is 47.8 Å². The van der Waals surface area contributed by atoms with Gasteiger partial charge in [-0.2, -0.15) is 0 Å². The molecule has 0 bridgehead atoms. The molecular formula is C17H22N4O3. The Morgan fingerprint density at radius 1 is 1.25 bits per heavy atom. The molecule has 0 aliphatic heterocycles. The lowest BCUT2D eigenvalue weighted by molar-refractivity contribution is -0.138. The summed E-state index contributed by atoms with van der Waals surface area (Å²) in [4.78, 5) is 22.8. The Hall–Kier alpha value is -2.70. The molecule has 1 amide bonds. The Morgan fingerprint density at radius 2 is 1.96 bits per heavy atom. The van der Waals surface area contributed by atoms with Crippen molar-refractivity contribution in [3.63, 3.8) is 0 Å². The van der Waals surface area contributed by atoms with Crippen LogP contribution in [-0.2, 0) is 22.7 Å². The summed E-state index contributed by atoms with van der Waals surface area (Å²) in [5.74, 6) is -0.563. The smallest absolute Gasteiger partial charge is 0.325 e. The van der Waals surface area contributed by atoms with E-state index in [0.29, 0.717) is 18.0 Å². The molecule has 2 aromatic rings. The maximum atomic E-state index is 12.2. The average Bonchev–Trinajstić information content (AvgIpc) is 2.98. The molecule has 128 valence electrons. The third kappa shape index (κ3) is 5.19. The first-order valence-electron chi connectivity index (χ1n) is 7.88. The Labute approximate surface area is 140 Å². The molecule has 0 aliphatic carbocycles. The second kappa shape index (κ2) is 8.24. The van der Waals surface area contributed by atoms with Gasteiger partial charge in [-0.15, -0.1) is 5.10 Å². The zero-order valence-electron chi connectivity index (χ0n) is 13.8. The van der Waals surface area contributed by atoms with E-state index in [1.54, 1.807) is 0 Å². The first-order chi connectivity index (χ1) is 11.5. The average molecular weight is 330 g/mol. The fraction of sp³-hybridized carbons (Fsp3) is 0.412. The summed E-state index contributed by atoms with van der Waals surface area (Å²) in [6.45, 7) is 4.19. The Kier molecular flexibility index (Phi) is 6.06. The van der Waals surface area contributed by atoms with Crippen LogP contribution in [0.4, 0.5) is 0 Å². The van der Waals surface area contributed by atoms with Crippen molar-refractivity contribution in [1.82, 2.24) is 20.3 Å². The lowest BCUT2D eigenvalue weighted by atomic mass is 9.85. The van der Waals surface area contributed by atoms with Crippen molar-refractivity contribution in [2.75, 3.05) is 0 Å². The third-order valence-electron chi connectivity index (χ3n) is 3.79. The summed E-state index contributed by atoms with van der Waals surface area (Å²) in [7, 11) is 0. The van der Waals surface area contributed by atoms with E-state index in [2.05, 4.69) is 29.5 Å². The fourth-order valence-electron chi connectivity index (χ4n) is 2.54. The molecule has 0 spiro atoms. The van der Waals surface area contributed by atoms with Gasteiger partial charge in [-0.05, 0) is 17.4 Å². The minimum absolute atomic E-state index is 0.0645. The molecule has 0 aliphatic rings. The number of carbonyl (C=O) groups excluding carboxylic acids is 1. The van der Waals surface area contributed by atoms with E-state index in [1.807, 2.05) is 30.3 Å². The highest BCUT2D eigenvalue weighted by Gasteiger charge is 2.19. The van der Waals surface area contributed by atoms with Gasteiger partial charge in [-0.1, -0.05) is 49.4 Å². The number of aliphatic carboxylic acids is 1. The molecule has 1 atom stereocenters. The summed E-state index contributed by atoms with van der Waals surface area (Å²) in [5.41, 5.74) is 1.68. The van der Waals surface area contributed by atoms with Gasteiger partial charge in [0.15, 0.2) is 0 Å². The Bertz CT molecular complexity index is 682. The number of amides is 1. The molecule has 2 rings (SSSR count). The molecule has 7 nitrogen and oxygen atoms in total. The largest absolute Gasteiger partial charge is 0.480 e. The lowest BCUT2D eigenvalue weighted by Crippen LogP contribution is -2.26. The van der Waals surface area contributed by atoms with Gasteiger partial charge in [0.1, 0.15) is 12.2 Å². The normalized spacial score (nSPS) is 12.1. The van der Waals surface area contributed by atoms with E-state index in [0.717, 1.165) is 5.56 Å². The monoisotopic (exact) mass is 330 g/mol. The number of aromatic nitrogens is 3. The quantitative estimate of drug-likeness (QED) is 0.769. The minimum Gasteiger partial charge on any atom is -0.480 e. The van der Waals surface area contributed by atoms with Gasteiger partial charge in [-0.3, -0.25) is 9.59 Å². The molecule has 24 heavy (non-hydrogen) atoms. The number of hydrogen-bond acceptors (Lipinski definition) is 4. The van der Waals surface area contributed by atoms with Crippen LogP contribution >= 0.6 is 0 Å². The highest BCUT2D eigenvalue weighted by Crippen LogP contribution is 2.27. The number of carboxylic acids is 1. The summed E-state index contributed by atoms with van der Waals surface area (Å²) in [6, 6.07) is 9.99. The maximum absolute atomic E-state index is 12.2. The van der Waals surface area contributed by atoms with Crippen LogP contribution in [0.2, 0.25) is 0 Å². The zero-order chi connectivity index (χ0) is 17.5. The molecule has 0 saturated heterocycles. The van der Waals surface area contributed by atoms with Crippen LogP contribution in [0.1, 0.15) is 37.4 Å². The molecule has 1 aromatic heterocycles. The number of hydrogen-bond donors (Lipinski definition) is 2. The van der Waals surface area contributed by atoms with Crippen LogP contribution < -0.4 is 5.32 Å². The second-order valence-electron chi connectivity index (χ2n) is 6.04. The first kappa shape index (κ1) is 17.7. The van der Waals surface area contributed by atoms with Crippen molar-refractivity contribution in [2.24, 2.45) is 5.92 Å². The zero-order valence-corrected chi connectivity index (χ0v) is 13.8. The molecule has 1 unspecified atom stereocenters. The standard InChI is InChI=1S/C17H22N4O3/c1-12(2)15(13-6-4-3-5-7-13)8-16(22)18-9-14-10-21(20-19-14)11-17(23)24/h3-7,10,12,15H,8-9,11H2,1-2H3,(H,18,22)(H,23,24). The van der Waals surface area contributed by atoms with Crippen molar-refractivity contribution in [2.45, 2.75) is 39.3 Å². The topological polar surface area (TPSA) is 97.1 Å². The number of nitrogens with zero attached hydrogens (tertiary/aromatic N) is 3. The molecule has 0 radical (unpaired) electrons. The Balaban J connectivity index is 1.89. The summed E-state index contributed by atoms with van der Waals surface area (Å²) < 4.78 is 1.23. The van der Waals surface area contributed by atoms with Crippen LogP contribution in [-0.4, -0.2) is 32.0 Å². The predicted molar refractivity (Wildman–Crippen MR) is 88.1 cm³/mol. The highest BCUT2D eigenvalue weighted by molar-refractivity contribution is 5.76.